The van der Waals surface area contributed by atoms with E-state index >= 15 is 0 Å². The fourth-order valence-corrected chi connectivity index (χ4v) is 7.62. The molecule has 122 valence electrons. The number of hydrogen-bond acceptors (Lipinski definition) is 1. The number of hydrogen-bond donors (Lipinski definition) is 0. The van der Waals surface area contributed by atoms with E-state index in [0.29, 0.717) is 0 Å². The summed E-state index contributed by atoms with van der Waals surface area (Å²) in [6.45, 7) is 12.6. The van der Waals surface area contributed by atoms with E-state index in [1.807, 2.05) is 0 Å². The zero-order valence-electron chi connectivity index (χ0n) is 15.0. The van der Waals surface area contributed by atoms with Crippen molar-refractivity contribution in [3.8, 4) is 0 Å². The molecule has 1 nitrogen and oxygen atoms in total. The van der Waals surface area contributed by atoms with E-state index in [9.17, 15) is 0 Å². The van der Waals surface area contributed by atoms with Crippen LogP contribution in [0.2, 0.25) is 18.1 Å². The largest absolute Gasteiger partial charge is 0.417 e. The molecule has 20 heavy (non-hydrogen) atoms. The van der Waals surface area contributed by atoms with Crippen LogP contribution in [-0.2, 0) is 4.43 Å². The van der Waals surface area contributed by atoms with Gasteiger partial charge in [-0.15, -0.1) is 0 Å². The molecule has 0 aliphatic heterocycles. The fourth-order valence-electron chi connectivity index (χ4n) is 2.87. The van der Waals surface area contributed by atoms with Gasteiger partial charge in [-0.1, -0.05) is 73.1 Å². The van der Waals surface area contributed by atoms with E-state index in [4.69, 9.17) is 4.43 Å². The van der Waals surface area contributed by atoms with Gasteiger partial charge in [0.05, 0.1) is 0 Å². The molecular formula is C18H40OSi. The van der Waals surface area contributed by atoms with E-state index in [0.717, 1.165) is 12.5 Å². The molecule has 0 bridgehead atoms. The molecule has 2 heteroatoms. The van der Waals surface area contributed by atoms with Crippen LogP contribution in [0.4, 0.5) is 0 Å². The third-order valence-corrected chi connectivity index (χ3v) is 8.90. The smallest absolute Gasteiger partial charge is 0.192 e. The van der Waals surface area contributed by atoms with Crippen molar-refractivity contribution in [1.29, 1.82) is 0 Å². The summed E-state index contributed by atoms with van der Waals surface area (Å²) in [6, 6.07) is 4.22. The van der Waals surface area contributed by atoms with E-state index in [-0.39, 0.29) is 0 Å². The highest BCUT2D eigenvalue weighted by molar-refractivity contribution is 6.73. The second-order valence-electron chi connectivity index (χ2n) is 6.88. The highest BCUT2D eigenvalue weighted by Gasteiger charge is 2.32. The highest BCUT2D eigenvalue weighted by Crippen LogP contribution is 2.30. The van der Waals surface area contributed by atoms with Gasteiger partial charge in [-0.2, -0.15) is 0 Å². The van der Waals surface area contributed by atoms with Gasteiger partial charge in [-0.3, -0.25) is 0 Å². The molecule has 0 rings (SSSR count). The molecule has 0 saturated carbocycles. The van der Waals surface area contributed by atoms with Crippen LogP contribution in [0.3, 0.4) is 0 Å². The molecule has 0 fully saturated rings. The summed E-state index contributed by atoms with van der Waals surface area (Å²) in [7, 11) is -1.43. The van der Waals surface area contributed by atoms with Crippen molar-refractivity contribution in [3.05, 3.63) is 0 Å². The van der Waals surface area contributed by atoms with Gasteiger partial charge in [0.25, 0.3) is 0 Å². The third kappa shape index (κ3) is 9.98. The summed E-state index contributed by atoms with van der Waals surface area (Å²) >= 11 is 0. The van der Waals surface area contributed by atoms with Crippen LogP contribution in [0.5, 0.6) is 0 Å². The Morgan fingerprint density at radius 1 is 0.750 bits per heavy atom. The maximum Gasteiger partial charge on any atom is 0.192 e. The summed E-state index contributed by atoms with van der Waals surface area (Å²) in [5, 5.41) is 0. The van der Waals surface area contributed by atoms with Crippen molar-refractivity contribution in [1.82, 2.24) is 0 Å². The van der Waals surface area contributed by atoms with Gasteiger partial charge in [-0.25, -0.2) is 0 Å². The van der Waals surface area contributed by atoms with E-state index in [1.165, 1.54) is 69.5 Å². The van der Waals surface area contributed by atoms with Crippen LogP contribution in [0.15, 0.2) is 0 Å². The first-order valence-electron chi connectivity index (χ1n) is 9.24. The Labute approximate surface area is 130 Å². The molecule has 0 heterocycles. The molecule has 0 atom stereocenters. The zero-order valence-corrected chi connectivity index (χ0v) is 16.0. The Hall–Kier alpha value is 0.177. The van der Waals surface area contributed by atoms with Crippen molar-refractivity contribution in [3.63, 3.8) is 0 Å². The number of unbranched alkanes of at least 4 members (excludes halogenated alkanes) is 3. The third-order valence-electron chi connectivity index (χ3n) is 4.29. The van der Waals surface area contributed by atoms with Crippen molar-refractivity contribution in [2.24, 2.45) is 5.92 Å². The molecular weight excluding hydrogens is 260 g/mol. The summed E-state index contributed by atoms with van der Waals surface area (Å²) in [6.07, 6.45) is 10.7. The van der Waals surface area contributed by atoms with Crippen LogP contribution >= 0.6 is 0 Å². The van der Waals surface area contributed by atoms with Gasteiger partial charge in [0.2, 0.25) is 0 Å². The Kier molecular flexibility index (Phi) is 13.0. The first-order valence-corrected chi connectivity index (χ1v) is 11.8. The molecule has 0 aliphatic rings. The highest BCUT2D eigenvalue weighted by atomic mass is 28.4. The zero-order chi connectivity index (χ0) is 15.3. The molecule has 0 saturated heterocycles. The summed E-state index contributed by atoms with van der Waals surface area (Å²) in [5.41, 5.74) is 0. The van der Waals surface area contributed by atoms with Crippen LogP contribution in [0.25, 0.3) is 0 Å². The molecule has 0 amide bonds. The molecule has 0 aliphatic carbocycles. The quantitative estimate of drug-likeness (QED) is 0.253. The molecule has 0 N–H and O–H groups in total. The Morgan fingerprint density at radius 3 is 1.55 bits per heavy atom. The lowest BCUT2D eigenvalue weighted by molar-refractivity contribution is 0.276. The fraction of sp³-hybridized carbons (Fsp3) is 1.00. The van der Waals surface area contributed by atoms with Gasteiger partial charge < -0.3 is 4.43 Å². The lowest BCUT2D eigenvalue weighted by Gasteiger charge is -2.32. The van der Waals surface area contributed by atoms with Gasteiger partial charge in [-0.05, 0) is 36.9 Å². The maximum atomic E-state index is 6.63. The summed E-state index contributed by atoms with van der Waals surface area (Å²) in [5.74, 6) is 0.816. The molecule has 0 radical (unpaired) electrons. The average molecular weight is 301 g/mol. The predicted octanol–water partition coefficient (Wildman–Crippen LogP) is 6.79. The van der Waals surface area contributed by atoms with Gasteiger partial charge in [0.15, 0.2) is 8.32 Å². The second kappa shape index (κ2) is 12.9. The summed E-state index contributed by atoms with van der Waals surface area (Å²) in [4.78, 5) is 0. The molecule has 0 aromatic carbocycles. The normalized spacial score (nSPS) is 12.3. The van der Waals surface area contributed by atoms with Crippen molar-refractivity contribution in [2.75, 3.05) is 6.61 Å². The van der Waals surface area contributed by atoms with E-state index in [2.05, 4.69) is 34.6 Å². The lowest BCUT2D eigenvalue weighted by Crippen LogP contribution is -2.38. The Bertz CT molecular complexity index is 182. The van der Waals surface area contributed by atoms with Crippen molar-refractivity contribution in [2.45, 2.75) is 104 Å². The number of rotatable bonds is 14. The standard InChI is InChI=1S/C18H40OSi/c1-6-9-15-20(16-10-7-2,17-11-8-3)19-14-12-13-18(4)5/h18H,6-17H2,1-5H3. The van der Waals surface area contributed by atoms with Crippen molar-refractivity contribution < 1.29 is 4.43 Å². The van der Waals surface area contributed by atoms with Crippen LogP contribution < -0.4 is 0 Å². The Morgan fingerprint density at radius 2 is 1.20 bits per heavy atom. The van der Waals surface area contributed by atoms with Gasteiger partial charge in [0.1, 0.15) is 0 Å². The van der Waals surface area contributed by atoms with E-state index in [1.54, 1.807) is 0 Å². The first kappa shape index (κ1) is 20.2. The van der Waals surface area contributed by atoms with Crippen LogP contribution in [0.1, 0.15) is 86.0 Å². The van der Waals surface area contributed by atoms with Crippen LogP contribution in [0, 0.1) is 5.92 Å². The minimum atomic E-state index is -1.43. The Balaban J connectivity index is 4.41. The monoisotopic (exact) mass is 300 g/mol. The lowest BCUT2D eigenvalue weighted by atomic mass is 10.1. The first-order chi connectivity index (χ1) is 9.60. The topological polar surface area (TPSA) is 9.23 Å². The molecule has 0 aromatic rings. The molecule has 0 aromatic heterocycles. The molecule has 0 unspecified atom stereocenters. The molecule has 0 spiro atoms. The van der Waals surface area contributed by atoms with Crippen LogP contribution in [-0.4, -0.2) is 14.9 Å². The second-order valence-corrected chi connectivity index (χ2v) is 11.0. The summed E-state index contributed by atoms with van der Waals surface area (Å²) < 4.78 is 6.63. The minimum Gasteiger partial charge on any atom is -0.417 e. The SMILES string of the molecule is CCCC[Si](CCCC)(CCCC)OCCCC(C)C. The average Bonchev–Trinajstić information content (AvgIpc) is 2.44. The maximum absolute atomic E-state index is 6.63. The van der Waals surface area contributed by atoms with Crippen molar-refractivity contribution >= 4 is 8.32 Å². The van der Waals surface area contributed by atoms with Gasteiger partial charge >= 0.3 is 0 Å². The van der Waals surface area contributed by atoms with Gasteiger partial charge in [0, 0.05) is 6.61 Å². The van der Waals surface area contributed by atoms with E-state index < -0.39 is 8.32 Å². The minimum absolute atomic E-state index is 0.816. The predicted molar refractivity (Wildman–Crippen MR) is 94.9 cm³/mol.